The second kappa shape index (κ2) is 10.4. The van der Waals surface area contributed by atoms with Gasteiger partial charge in [0.1, 0.15) is 17.5 Å². The van der Waals surface area contributed by atoms with Crippen LogP contribution >= 0.6 is 0 Å². The van der Waals surface area contributed by atoms with Crippen LogP contribution in [0.3, 0.4) is 0 Å². The number of rotatable bonds is 6. The van der Waals surface area contributed by atoms with Crippen molar-refractivity contribution in [3.05, 3.63) is 66.9 Å². The Bertz CT molecular complexity index is 1720. The Morgan fingerprint density at radius 3 is 2.63 bits per heavy atom. The first kappa shape index (κ1) is 26.6. The van der Waals surface area contributed by atoms with Gasteiger partial charge < -0.3 is 25.4 Å². The third-order valence-corrected chi connectivity index (χ3v) is 7.31. The lowest BCUT2D eigenvalue weighted by Crippen LogP contribution is -2.44. The van der Waals surface area contributed by atoms with Crippen molar-refractivity contribution in [3.8, 4) is 11.1 Å². The van der Waals surface area contributed by atoms with E-state index in [0.717, 1.165) is 66.8 Å². The molecule has 0 bridgehead atoms. The second-order valence-corrected chi connectivity index (χ2v) is 10.2. The fourth-order valence-corrected chi connectivity index (χ4v) is 4.86. The van der Waals surface area contributed by atoms with Crippen molar-refractivity contribution in [2.45, 2.75) is 19.1 Å². The summed E-state index contributed by atoms with van der Waals surface area (Å²) in [6.07, 6.45) is 3.72. The van der Waals surface area contributed by atoms with E-state index in [9.17, 15) is 18.0 Å². The van der Waals surface area contributed by atoms with E-state index in [-0.39, 0.29) is 5.56 Å². The van der Waals surface area contributed by atoms with Crippen molar-refractivity contribution in [1.29, 1.82) is 0 Å². The van der Waals surface area contributed by atoms with Gasteiger partial charge in [0.25, 0.3) is 5.91 Å². The molecule has 0 aromatic carbocycles. The van der Waals surface area contributed by atoms with E-state index in [4.69, 9.17) is 0 Å². The molecule has 1 fully saturated rings. The highest BCUT2D eigenvalue weighted by molar-refractivity contribution is 6.02. The molecule has 5 aromatic heterocycles. The third-order valence-electron chi connectivity index (χ3n) is 7.31. The van der Waals surface area contributed by atoms with E-state index in [1.807, 2.05) is 35.8 Å². The number of nitrogens with one attached hydrogen (secondary N) is 3. The average molecular weight is 564 g/mol. The summed E-state index contributed by atoms with van der Waals surface area (Å²) in [7, 11) is 2.11. The molecule has 1 aliphatic rings. The Morgan fingerprint density at radius 1 is 1.05 bits per heavy atom. The van der Waals surface area contributed by atoms with E-state index >= 15 is 0 Å². The number of piperazine rings is 1. The number of hydrogen-bond acceptors (Lipinski definition) is 7. The van der Waals surface area contributed by atoms with Crippen molar-refractivity contribution in [2.75, 3.05) is 43.4 Å². The van der Waals surface area contributed by atoms with Crippen LogP contribution in [0.15, 0.2) is 61.3 Å². The molecule has 13 heteroatoms. The summed E-state index contributed by atoms with van der Waals surface area (Å²) >= 11 is 0. The van der Waals surface area contributed by atoms with E-state index in [1.54, 1.807) is 24.7 Å². The summed E-state index contributed by atoms with van der Waals surface area (Å²) in [6.45, 7) is 4.71. The summed E-state index contributed by atoms with van der Waals surface area (Å²) in [5.41, 5.74) is 4.35. The normalized spacial score (nSPS) is 15.4. The molecule has 1 aliphatic heterocycles. The highest BCUT2D eigenvalue weighted by atomic mass is 19.4. The molecule has 212 valence electrons. The minimum Gasteiger partial charge on any atom is -0.354 e. The third kappa shape index (κ3) is 5.40. The van der Waals surface area contributed by atoms with Gasteiger partial charge in [0.05, 0.1) is 29.2 Å². The molecule has 5 aromatic rings. The summed E-state index contributed by atoms with van der Waals surface area (Å²) in [6, 6.07) is 7.47. The number of carbonyl (C=O) groups is 1. The van der Waals surface area contributed by atoms with Gasteiger partial charge in [-0.25, -0.2) is 14.5 Å². The topological polar surface area (TPSA) is 106 Å². The van der Waals surface area contributed by atoms with Crippen LogP contribution < -0.4 is 15.5 Å². The first-order valence-electron chi connectivity index (χ1n) is 13.1. The Balaban J connectivity index is 1.27. The van der Waals surface area contributed by atoms with Crippen LogP contribution in [0.2, 0.25) is 0 Å². The summed E-state index contributed by atoms with van der Waals surface area (Å²) in [4.78, 5) is 29.5. The van der Waals surface area contributed by atoms with E-state index in [1.165, 1.54) is 10.7 Å². The van der Waals surface area contributed by atoms with Gasteiger partial charge in [0, 0.05) is 67.5 Å². The number of hydrogen-bond donors (Lipinski definition) is 3. The van der Waals surface area contributed by atoms with Gasteiger partial charge in [0.15, 0.2) is 0 Å². The van der Waals surface area contributed by atoms with Crippen LogP contribution in [-0.2, 0) is 0 Å². The molecule has 0 unspecified atom stereocenters. The average Bonchev–Trinajstić information content (AvgIpc) is 3.57. The van der Waals surface area contributed by atoms with Crippen molar-refractivity contribution in [3.63, 3.8) is 0 Å². The highest BCUT2D eigenvalue weighted by Crippen LogP contribution is 2.32. The molecule has 41 heavy (non-hydrogen) atoms. The zero-order valence-corrected chi connectivity index (χ0v) is 22.4. The molecule has 6 rings (SSSR count). The fourth-order valence-electron chi connectivity index (χ4n) is 4.86. The minimum absolute atomic E-state index is 0.0529. The summed E-state index contributed by atoms with van der Waals surface area (Å²) < 4.78 is 40.4. The molecule has 0 radical (unpaired) electrons. The molecule has 0 saturated carbocycles. The van der Waals surface area contributed by atoms with Crippen LogP contribution in [0.5, 0.6) is 0 Å². The number of aromatic amines is 1. The number of aromatic nitrogens is 5. The van der Waals surface area contributed by atoms with Gasteiger partial charge in [-0.15, -0.1) is 0 Å². The number of halogens is 3. The SMILES string of the molecule is C[C@@H](NC(=O)c1cnn2ccc(-c3c[nH]c4ncc(Nc5ccnc(N6CCN(C)CC6)c5)cc34)cc12)C(F)(F)F. The van der Waals surface area contributed by atoms with Gasteiger partial charge in [-0.2, -0.15) is 18.3 Å². The minimum atomic E-state index is -4.55. The number of anilines is 3. The quantitative estimate of drug-likeness (QED) is 0.280. The predicted molar refractivity (Wildman–Crippen MR) is 150 cm³/mol. The number of H-pyrrole nitrogens is 1. The molecule has 10 nitrogen and oxygen atoms in total. The van der Waals surface area contributed by atoms with Crippen LogP contribution in [0, 0.1) is 0 Å². The van der Waals surface area contributed by atoms with Gasteiger partial charge in [-0.3, -0.25) is 4.79 Å². The van der Waals surface area contributed by atoms with Crippen LogP contribution in [-0.4, -0.2) is 80.8 Å². The predicted octanol–water partition coefficient (Wildman–Crippen LogP) is 4.45. The van der Waals surface area contributed by atoms with Crippen LogP contribution in [0.25, 0.3) is 27.7 Å². The van der Waals surface area contributed by atoms with Crippen molar-refractivity contribution < 1.29 is 18.0 Å². The Labute approximate surface area is 233 Å². The van der Waals surface area contributed by atoms with Gasteiger partial charge in [0.2, 0.25) is 0 Å². The number of pyridine rings is 3. The largest absolute Gasteiger partial charge is 0.408 e. The number of fused-ring (bicyclic) bond motifs is 2. The van der Waals surface area contributed by atoms with E-state index in [0.29, 0.717) is 11.2 Å². The zero-order valence-electron chi connectivity index (χ0n) is 22.4. The number of amides is 1. The lowest BCUT2D eigenvalue weighted by Gasteiger charge is -2.33. The van der Waals surface area contributed by atoms with E-state index in [2.05, 4.69) is 42.2 Å². The molecule has 1 saturated heterocycles. The van der Waals surface area contributed by atoms with Gasteiger partial charge >= 0.3 is 6.18 Å². The van der Waals surface area contributed by atoms with Crippen molar-refractivity contribution in [2.24, 2.45) is 0 Å². The van der Waals surface area contributed by atoms with Crippen LogP contribution in [0.4, 0.5) is 30.4 Å². The first-order valence-corrected chi connectivity index (χ1v) is 13.1. The first-order chi connectivity index (χ1) is 19.7. The molecule has 1 atom stereocenters. The van der Waals surface area contributed by atoms with E-state index < -0.39 is 18.1 Å². The van der Waals surface area contributed by atoms with Gasteiger partial charge in [-0.05, 0) is 43.8 Å². The molecule has 6 heterocycles. The Morgan fingerprint density at radius 2 is 1.85 bits per heavy atom. The zero-order chi connectivity index (χ0) is 28.7. The number of nitrogens with zero attached hydrogens (tertiary/aromatic N) is 6. The number of likely N-dealkylation sites (N-methyl/N-ethyl adjacent to an activating group) is 1. The maximum absolute atomic E-state index is 13.0. The molecule has 1 amide bonds. The highest BCUT2D eigenvalue weighted by Gasteiger charge is 2.37. The van der Waals surface area contributed by atoms with Crippen molar-refractivity contribution >= 4 is 39.6 Å². The molecule has 0 aliphatic carbocycles. The number of carbonyl (C=O) groups excluding carboxylic acids is 1. The smallest absolute Gasteiger partial charge is 0.354 e. The Hall–Kier alpha value is -4.65. The summed E-state index contributed by atoms with van der Waals surface area (Å²) in [5, 5.41) is 10.4. The molecular weight excluding hydrogens is 535 g/mol. The number of alkyl halides is 3. The maximum Gasteiger partial charge on any atom is 0.408 e. The second-order valence-electron chi connectivity index (χ2n) is 10.2. The standard InChI is InChI=1S/C28H28F3N9O/c1-17(28(29,30)31)36-27(41)23-16-35-40-6-4-18(11-24(23)40)22-15-34-26-21(22)12-20(14-33-26)37-19-3-5-32-25(13-19)39-9-7-38(2)8-10-39/h3-6,11-17H,7-10H2,1-2H3,(H,32,37)(H,33,34)(H,36,41)/t17-/m1/s1. The molecule has 3 N–H and O–H groups in total. The Kier molecular flexibility index (Phi) is 6.73. The lowest BCUT2D eigenvalue weighted by molar-refractivity contribution is -0.149. The fraction of sp³-hybridized carbons (Fsp3) is 0.286. The monoisotopic (exact) mass is 563 g/mol. The van der Waals surface area contributed by atoms with Gasteiger partial charge in [-0.1, -0.05) is 0 Å². The van der Waals surface area contributed by atoms with Crippen LogP contribution in [0.1, 0.15) is 17.3 Å². The maximum atomic E-state index is 13.0. The lowest BCUT2D eigenvalue weighted by atomic mass is 10.1. The molecular formula is C28H28F3N9O. The van der Waals surface area contributed by atoms with Crippen molar-refractivity contribution in [1.82, 2.24) is 34.8 Å². The summed E-state index contributed by atoms with van der Waals surface area (Å²) in [5.74, 6) is 0.0698. The molecule has 0 spiro atoms.